The number of hydrogen-bond acceptors (Lipinski definition) is 7. The highest BCUT2D eigenvalue weighted by atomic mass is 16.6. The van der Waals surface area contributed by atoms with Crippen molar-refractivity contribution in [2.45, 2.75) is 26.4 Å². The second kappa shape index (κ2) is 8.28. The minimum Gasteiger partial charge on any atom is -0.502 e. The molecule has 1 aromatic rings. The highest BCUT2D eigenvalue weighted by Crippen LogP contribution is 2.37. The predicted molar refractivity (Wildman–Crippen MR) is 85.7 cm³/mol. The van der Waals surface area contributed by atoms with Crippen molar-refractivity contribution in [3.05, 3.63) is 17.7 Å². The highest BCUT2D eigenvalue weighted by Gasteiger charge is 2.18. The fourth-order valence-electron chi connectivity index (χ4n) is 1.71. The molecule has 0 radical (unpaired) electrons. The molecule has 0 unspecified atom stereocenters. The third kappa shape index (κ3) is 5.86. The molecule has 0 bridgehead atoms. The van der Waals surface area contributed by atoms with Crippen LogP contribution >= 0.6 is 0 Å². The largest absolute Gasteiger partial charge is 0.502 e. The van der Waals surface area contributed by atoms with Crippen LogP contribution in [0.25, 0.3) is 0 Å². The molecule has 2 N–H and O–H groups in total. The second-order valence-electron chi connectivity index (χ2n) is 5.79. The maximum Gasteiger partial charge on any atom is 0.407 e. The van der Waals surface area contributed by atoms with Gasteiger partial charge in [0.05, 0.1) is 26.3 Å². The lowest BCUT2D eigenvalue weighted by molar-refractivity contribution is 0.0433. The molecule has 0 aromatic heterocycles. The number of hydrogen-bond donors (Lipinski definition) is 2. The van der Waals surface area contributed by atoms with E-state index in [1.54, 1.807) is 20.8 Å². The molecule has 0 aliphatic rings. The minimum absolute atomic E-state index is 0.0381. The Morgan fingerprint density at radius 3 is 2.12 bits per heavy atom. The molecule has 0 fully saturated rings. The van der Waals surface area contributed by atoms with Crippen LogP contribution in [0.2, 0.25) is 0 Å². The predicted octanol–water partition coefficient (Wildman–Crippen LogP) is 2.09. The molecule has 0 atom stereocenters. The number of alkyl carbamates (subject to hydrolysis) is 1. The lowest BCUT2D eigenvalue weighted by Crippen LogP contribution is -2.34. The summed E-state index contributed by atoms with van der Waals surface area (Å²) >= 11 is 0. The Bertz CT molecular complexity index is 568. The summed E-state index contributed by atoms with van der Waals surface area (Å²) in [6, 6.07) is 2.67. The number of carbonyl (C=O) groups excluding carboxylic acids is 2. The molecule has 0 saturated heterocycles. The summed E-state index contributed by atoms with van der Waals surface area (Å²) in [6.07, 6.45) is -0.591. The Hall–Kier alpha value is -2.64. The van der Waals surface area contributed by atoms with Crippen molar-refractivity contribution < 1.29 is 33.6 Å². The quantitative estimate of drug-likeness (QED) is 0.603. The van der Waals surface area contributed by atoms with Crippen molar-refractivity contribution in [3.8, 4) is 17.2 Å². The first kappa shape index (κ1) is 19.4. The standard InChI is InChI=1S/C16H23NO7/c1-16(2,3)24-15(20)17-6-7-23-14(19)10-8-11(21-4)13(18)12(9-10)22-5/h8-9,18H,6-7H2,1-5H3,(H,17,20). The average molecular weight is 341 g/mol. The number of benzene rings is 1. The zero-order valence-corrected chi connectivity index (χ0v) is 14.5. The van der Waals surface area contributed by atoms with Crippen LogP contribution < -0.4 is 14.8 Å². The average Bonchev–Trinajstić information content (AvgIpc) is 2.49. The number of amides is 1. The molecule has 0 saturated carbocycles. The lowest BCUT2D eigenvalue weighted by atomic mass is 10.2. The third-order valence-electron chi connectivity index (χ3n) is 2.72. The van der Waals surface area contributed by atoms with Gasteiger partial charge < -0.3 is 29.4 Å². The number of ether oxygens (including phenoxy) is 4. The number of carbonyl (C=O) groups is 2. The normalized spacial score (nSPS) is 10.7. The summed E-state index contributed by atoms with van der Waals surface area (Å²) in [4.78, 5) is 23.5. The number of esters is 1. The van der Waals surface area contributed by atoms with Crippen LogP contribution in [-0.2, 0) is 9.47 Å². The Morgan fingerprint density at radius 1 is 1.12 bits per heavy atom. The molecule has 1 amide bonds. The Labute approximate surface area is 140 Å². The summed E-state index contributed by atoms with van der Waals surface area (Å²) in [5.41, 5.74) is -0.446. The van der Waals surface area contributed by atoms with Crippen LogP contribution in [-0.4, -0.2) is 50.1 Å². The van der Waals surface area contributed by atoms with E-state index < -0.39 is 17.7 Å². The summed E-state index contributed by atoms with van der Waals surface area (Å²) in [5.74, 6) is -0.665. The van der Waals surface area contributed by atoms with Gasteiger partial charge in [0.25, 0.3) is 0 Å². The molecule has 0 aliphatic carbocycles. The first-order chi connectivity index (χ1) is 11.2. The van der Waals surface area contributed by atoms with Crippen molar-refractivity contribution >= 4 is 12.1 Å². The van der Waals surface area contributed by atoms with Gasteiger partial charge in [-0.15, -0.1) is 0 Å². The minimum atomic E-state index is -0.641. The Morgan fingerprint density at radius 2 is 1.67 bits per heavy atom. The van der Waals surface area contributed by atoms with E-state index in [1.807, 2.05) is 0 Å². The third-order valence-corrected chi connectivity index (χ3v) is 2.72. The van der Waals surface area contributed by atoms with Gasteiger partial charge >= 0.3 is 12.1 Å². The fourth-order valence-corrected chi connectivity index (χ4v) is 1.71. The van der Waals surface area contributed by atoms with Gasteiger partial charge in [-0.3, -0.25) is 0 Å². The molecule has 0 spiro atoms. The van der Waals surface area contributed by atoms with E-state index in [2.05, 4.69) is 5.32 Å². The van der Waals surface area contributed by atoms with E-state index in [4.69, 9.17) is 18.9 Å². The maximum atomic E-state index is 12.0. The van der Waals surface area contributed by atoms with Crippen molar-refractivity contribution in [2.75, 3.05) is 27.4 Å². The second-order valence-corrected chi connectivity index (χ2v) is 5.79. The molecule has 0 heterocycles. The molecule has 8 heteroatoms. The van der Waals surface area contributed by atoms with E-state index in [0.717, 1.165) is 0 Å². The van der Waals surface area contributed by atoms with Gasteiger partial charge in [0.15, 0.2) is 11.5 Å². The van der Waals surface area contributed by atoms with Gasteiger partial charge in [-0.2, -0.15) is 0 Å². The van der Waals surface area contributed by atoms with Crippen molar-refractivity contribution in [1.29, 1.82) is 0 Å². The van der Waals surface area contributed by atoms with E-state index >= 15 is 0 Å². The van der Waals surface area contributed by atoms with Crippen molar-refractivity contribution in [2.24, 2.45) is 0 Å². The monoisotopic (exact) mass is 341 g/mol. The maximum absolute atomic E-state index is 12.0. The van der Waals surface area contributed by atoms with Crippen LogP contribution in [0.3, 0.4) is 0 Å². The number of phenols is 1. The zero-order valence-electron chi connectivity index (χ0n) is 14.5. The molecule has 8 nitrogen and oxygen atoms in total. The number of nitrogens with one attached hydrogen (secondary N) is 1. The van der Waals surface area contributed by atoms with Crippen LogP contribution in [0.4, 0.5) is 4.79 Å². The van der Waals surface area contributed by atoms with Gasteiger partial charge in [-0.1, -0.05) is 0 Å². The first-order valence-corrected chi connectivity index (χ1v) is 7.27. The summed E-state index contributed by atoms with van der Waals surface area (Å²) in [6.45, 7) is 5.31. The number of aromatic hydroxyl groups is 1. The smallest absolute Gasteiger partial charge is 0.407 e. The van der Waals surface area contributed by atoms with Gasteiger partial charge in [-0.25, -0.2) is 9.59 Å². The summed E-state index contributed by atoms with van der Waals surface area (Å²) < 4.78 is 20.0. The lowest BCUT2D eigenvalue weighted by Gasteiger charge is -2.19. The van der Waals surface area contributed by atoms with Crippen LogP contribution in [0.5, 0.6) is 17.2 Å². The molecule has 1 rings (SSSR count). The van der Waals surface area contributed by atoms with Gasteiger partial charge in [0, 0.05) is 0 Å². The molecule has 0 aliphatic heterocycles. The molecule has 24 heavy (non-hydrogen) atoms. The SMILES string of the molecule is COc1cc(C(=O)OCCNC(=O)OC(C)(C)C)cc(OC)c1O. The van der Waals surface area contributed by atoms with Crippen molar-refractivity contribution in [1.82, 2.24) is 5.32 Å². The van der Waals surface area contributed by atoms with E-state index in [-0.39, 0.29) is 36.0 Å². The van der Waals surface area contributed by atoms with Gasteiger partial charge in [0.2, 0.25) is 5.75 Å². The summed E-state index contributed by atoms with van der Waals surface area (Å²) in [7, 11) is 2.71. The fraction of sp³-hybridized carbons (Fsp3) is 0.500. The Kier molecular flexibility index (Phi) is 6.69. The van der Waals surface area contributed by atoms with E-state index in [1.165, 1.54) is 26.4 Å². The number of rotatable bonds is 6. The van der Waals surface area contributed by atoms with Crippen molar-refractivity contribution in [3.63, 3.8) is 0 Å². The topological polar surface area (TPSA) is 103 Å². The van der Waals surface area contributed by atoms with Gasteiger partial charge in [-0.05, 0) is 32.9 Å². The highest BCUT2D eigenvalue weighted by molar-refractivity contribution is 5.91. The Balaban J connectivity index is 2.56. The molecular formula is C16H23NO7. The molecule has 134 valence electrons. The summed E-state index contributed by atoms with van der Waals surface area (Å²) in [5, 5.41) is 12.3. The molecular weight excluding hydrogens is 318 g/mol. The molecule has 1 aromatic carbocycles. The first-order valence-electron chi connectivity index (χ1n) is 7.27. The number of methoxy groups -OCH3 is 2. The van der Waals surface area contributed by atoms with Crippen LogP contribution in [0.1, 0.15) is 31.1 Å². The van der Waals surface area contributed by atoms with E-state index in [0.29, 0.717) is 0 Å². The van der Waals surface area contributed by atoms with Gasteiger partial charge in [0.1, 0.15) is 12.2 Å². The number of phenolic OH excluding ortho intramolecular Hbond substituents is 1. The van der Waals surface area contributed by atoms with Crippen LogP contribution in [0, 0.1) is 0 Å². The van der Waals surface area contributed by atoms with Crippen LogP contribution in [0.15, 0.2) is 12.1 Å². The van der Waals surface area contributed by atoms with E-state index in [9.17, 15) is 14.7 Å². The zero-order chi connectivity index (χ0) is 18.3.